The van der Waals surface area contributed by atoms with Gasteiger partial charge in [0.1, 0.15) is 11.6 Å². The average molecular weight is 373 g/mol. The fourth-order valence-electron chi connectivity index (χ4n) is 2.46. The van der Waals surface area contributed by atoms with Gasteiger partial charge in [-0.2, -0.15) is 0 Å². The van der Waals surface area contributed by atoms with Crippen molar-refractivity contribution >= 4 is 18.3 Å². The highest BCUT2D eigenvalue weighted by molar-refractivity contribution is 5.92. The third-order valence-corrected chi connectivity index (χ3v) is 3.57. The molecule has 2 N–H and O–H groups in total. The summed E-state index contributed by atoms with van der Waals surface area (Å²) in [6.07, 6.45) is 1.28. The van der Waals surface area contributed by atoms with E-state index >= 15 is 0 Å². The van der Waals surface area contributed by atoms with Crippen LogP contribution in [0.5, 0.6) is 0 Å². The monoisotopic (exact) mass is 373 g/mol. The number of nitrogens with one attached hydrogen (secondary N) is 2. The topological polar surface area (TPSA) is 110 Å². The van der Waals surface area contributed by atoms with Gasteiger partial charge < -0.3 is 19.8 Å². The Bertz CT molecular complexity index is 753. The molecule has 0 saturated heterocycles. The molecule has 1 heterocycles. The van der Waals surface area contributed by atoms with Gasteiger partial charge >= 0.3 is 6.09 Å². The van der Waals surface area contributed by atoms with Gasteiger partial charge in [-0.05, 0) is 20.8 Å². The number of Topliss-reactive ketones (excluding diaryl/α,β-unsaturated/α-hetero) is 1. The van der Waals surface area contributed by atoms with Crippen molar-refractivity contribution in [3.05, 3.63) is 54.1 Å². The summed E-state index contributed by atoms with van der Waals surface area (Å²) in [4.78, 5) is 43.0. The summed E-state index contributed by atoms with van der Waals surface area (Å²) in [6, 6.07) is 7.61. The lowest BCUT2D eigenvalue weighted by molar-refractivity contribution is -0.145. The molecule has 8 nitrogen and oxygen atoms in total. The molecule has 0 radical (unpaired) electrons. The number of ketones is 1. The van der Waals surface area contributed by atoms with Crippen LogP contribution >= 0.6 is 0 Å². The third-order valence-electron chi connectivity index (χ3n) is 3.57. The van der Waals surface area contributed by atoms with Crippen molar-refractivity contribution in [2.45, 2.75) is 44.9 Å². The van der Waals surface area contributed by atoms with Crippen LogP contribution in [0.2, 0.25) is 0 Å². The minimum Gasteiger partial charge on any atom is -0.452 e. The molecule has 1 aromatic carbocycles. The Balaban J connectivity index is 2.25. The molecule has 0 aliphatic rings. The van der Waals surface area contributed by atoms with Gasteiger partial charge in [-0.1, -0.05) is 30.3 Å². The highest BCUT2D eigenvalue weighted by Gasteiger charge is 2.32. The first-order valence-electron chi connectivity index (χ1n) is 8.44. The minimum absolute atomic E-state index is 0.142. The molecule has 2 aromatic rings. The smallest absolute Gasteiger partial charge is 0.408 e. The predicted octanol–water partition coefficient (Wildman–Crippen LogP) is 2.33. The van der Waals surface area contributed by atoms with Crippen molar-refractivity contribution < 1.29 is 23.9 Å². The molecule has 1 unspecified atom stereocenters. The SMILES string of the molecule is CC(C)(C)OC(=O)N[C@@H](Cc1cnc[nH]1)C(=O)C(OC=O)c1ccccc1. The zero-order chi connectivity index (χ0) is 19.9. The van der Waals surface area contributed by atoms with E-state index in [2.05, 4.69) is 15.3 Å². The first-order chi connectivity index (χ1) is 12.8. The molecule has 27 heavy (non-hydrogen) atoms. The number of amides is 1. The van der Waals surface area contributed by atoms with Gasteiger partial charge in [0.05, 0.1) is 6.33 Å². The fourth-order valence-corrected chi connectivity index (χ4v) is 2.46. The summed E-state index contributed by atoms with van der Waals surface area (Å²) in [5, 5.41) is 2.57. The number of aromatic nitrogens is 2. The lowest BCUT2D eigenvalue weighted by Crippen LogP contribution is -2.46. The average Bonchev–Trinajstić information content (AvgIpc) is 3.11. The van der Waals surface area contributed by atoms with Crippen LogP contribution in [0.3, 0.4) is 0 Å². The van der Waals surface area contributed by atoms with Gasteiger partial charge in [0, 0.05) is 23.9 Å². The number of hydrogen-bond donors (Lipinski definition) is 2. The molecule has 0 spiro atoms. The van der Waals surface area contributed by atoms with Crippen LogP contribution in [0.4, 0.5) is 4.79 Å². The highest BCUT2D eigenvalue weighted by Crippen LogP contribution is 2.20. The number of carbonyl (C=O) groups is 3. The predicted molar refractivity (Wildman–Crippen MR) is 96.8 cm³/mol. The van der Waals surface area contributed by atoms with Crippen molar-refractivity contribution in [1.29, 1.82) is 0 Å². The number of nitrogens with zero attached hydrogens (tertiary/aromatic N) is 1. The Morgan fingerprint density at radius 2 is 1.96 bits per heavy atom. The van der Waals surface area contributed by atoms with Crippen LogP contribution in [0, 0.1) is 0 Å². The molecular weight excluding hydrogens is 350 g/mol. The summed E-state index contributed by atoms with van der Waals surface area (Å²) < 4.78 is 10.3. The fraction of sp³-hybridized carbons (Fsp3) is 0.368. The summed E-state index contributed by atoms with van der Waals surface area (Å²) >= 11 is 0. The third kappa shape index (κ3) is 6.25. The van der Waals surface area contributed by atoms with Crippen molar-refractivity contribution in [1.82, 2.24) is 15.3 Å². The maximum Gasteiger partial charge on any atom is 0.408 e. The van der Waals surface area contributed by atoms with E-state index in [0.29, 0.717) is 11.3 Å². The molecule has 0 bridgehead atoms. The Morgan fingerprint density at radius 3 is 2.52 bits per heavy atom. The normalized spacial score (nSPS) is 13.3. The van der Waals surface area contributed by atoms with E-state index in [1.54, 1.807) is 57.3 Å². The summed E-state index contributed by atoms with van der Waals surface area (Å²) in [5.74, 6) is -0.478. The number of alkyl carbamates (subject to hydrolysis) is 1. The zero-order valence-electron chi connectivity index (χ0n) is 15.5. The first-order valence-corrected chi connectivity index (χ1v) is 8.44. The second-order valence-corrected chi connectivity index (χ2v) is 6.91. The van der Waals surface area contributed by atoms with Crippen LogP contribution in [-0.4, -0.2) is 40.0 Å². The van der Waals surface area contributed by atoms with E-state index in [1.807, 2.05) is 0 Å². The number of imidazole rings is 1. The van der Waals surface area contributed by atoms with E-state index in [-0.39, 0.29) is 12.9 Å². The molecule has 2 rings (SSSR count). The number of H-pyrrole nitrogens is 1. The van der Waals surface area contributed by atoms with E-state index in [0.717, 1.165) is 0 Å². The Labute approximate surface area is 157 Å². The van der Waals surface area contributed by atoms with E-state index < -0.39 is 29.6 Å². The van der Waals surface area contributed by atoms with E-state index in [4.69, 9.17) is 9.47 Å². The number of ether oxygens (including phenoxy) is 2. The minimum atomic E-state index is -1.15. The number of carbonyl (C=O) groups excluding carboxylic acids is 3. The zero-order valence-corrected chi connectivity index (χ0v) is 15.5. The Morgan fingerprint density at radius 1 is 1.26 bits per heavy atom. The lowest BCUT2D eigenvalue weighted by atomic mass is 9.97. The molecule has 1 amide bonds. The second-order valence-electron chi connectivity index (χ2n) is 6.91. The molecule has 0 saturated carbocycles. The molecular formula is C19H23N3O5. The van der Waals surface area contributed by atoms with Crippen molar-refractivity contribution in [2.24, 2.45) is 0 Å². The number of aromatic amines is 1. The maximum atomic E-state index is 13.1. The summed E-state index contributed by atoms with van der Waals surface area (Å²) in [6.45, 7) is 5.39. The van der Waals surface area contributed by atoms with Gasteiger partial charge in [0.25, 0.3) is 6.47 Å². The van der Waals surface area contributed by atoms with Crippen LogP contribution in [0.1, 0.15) is 38.1 Å². The van der Waals surface area contributed by atoms with Crippen LogP contribution in [0.15, 0.2) is 42.9 Å². The van der Waals surface area contributed by atoms with Crippen LogP contribution < -0.4 is 5.32 Å². The lowest BCUT2D eigenvalue weighted by Gasteiger charge is -2.25. The van der Waals surface area contributed by atoms with Crippen molar-refractivity contribution in [2.75, 3.05) is 0 Å². The molecule has 0 aliphatic carbocycles. The molecule has 1 aromatic heterocycles. The first kappa shape index (κ1) is 20.2. The number of benzene rings is 1. The molecule has 2 atom stereocenters. The van der Waals surface area contributed by atoms with Gasteiger partial charge in [0.15, 0.2) is 6.10 Å². The molecule has 0 aliphatic heterocycles. The van der Waals surface area contributed by atoms with Gasteiger partial charge in [-0.15, -0.1) is 0 Å². The van der Waals surface area contributed by atoms with Gasteiger partial charge in [0.2, 0.25) is 5.78 Å². The van der Waals surface area contributed by atoms with E-state index in [9.17, 15) is 14.4 Å². The van der Waals surface area contributed by atoms with Gasteiger partial charge in [-0.25, -0.2) is 9.78 Å². The highest BCUT2D eigenvalue weighted by atomic mass is 16.6. The van der Waals surface area contributed by atoms with Crippen LogP contribution in [0.25, 0.3) is 0 Å². The summed E-state index contributed by atoms with van der Waals surface area (Å²) in [5.41, 5.74) is 0.432. The van der Waals surface area contributed by atoms with Crippen molar-refractivity contribution in [3.8, 4) is 0 Å². The Kier molecular flexibility index (Phi) is 6.70. The largest absolute Gasteiger partial charge is 0.452 e. The van der Waals surface area contributed by atoms with Crippen molar-refractivity contribution in [3.63, 3.8) is 0 Å². The maximum absolute atomic E-state index is 13.1. The van der Waals surface area contributed by atoms with Crippen LogP contribution in [-0.2, 0) is 25.5 Å². The summed E-state index contributed by atoms with van der Waals surface area (Å²) in [7, 11) is 0. The molecule has 0 fully saturated rings. The molecule has 144 valence electrons. The van der Waals surface area contributed by atoms with E-state index in [1.165, 1.54) is 6.33 Å². The number of hydrogen-bond acceptors (Lipinski definition) is 6. The number of rotatable bonds is 8. The van der Waals surface area contributed by atoms with Gasteiger partial charge in [-0.3, -0.25) is 9.59 Å². The molecule has 8 heteroatoms. The Hall–Kier alpha value is -3.16. The quantitative estimate of drug-likeness (QED) is 0.687. The second kappa shape index (κ2) is 8.98. The standard InChI is InChI=1S/C19H23N3O5/c1-19(2,3)27-18(25)22-15(9-14-10-20-11-21-14)16(24)17(26-12-23)13-7-5-4-6-8-13/h4-8,10-12,15,17H,9H2,1-3H3,(H,20,21)(H,22,25)/t15-,17?/m0/s1.